The maximum absolute atomic E-state index is 13.7. The second-order valence-corrected chi connectivity index (χ2v) is 9.33. The predicted molar refractivity (Wildman–Crippen MR) is 124 cm³/mol. The number of rotatable bonds is 5. The average Bonchev–Trinajstić information content (AvgIpc) is 2.97. The van der Waals surface area contributed by atoms with Crippen LogP contribution in [0.15, 0.2) is 60.7 Å². The van der Waals surface area contributed by atoms with Gasteiger partial charge in [-0.25, -0.2) is 0 Å². The van der Waals surface area contributed by atoms with Gasteiger partial charge in [-0.3, -0.25) is 9.59 Å². The summed E-state index contributed by atoms with van der Waals surface area (Å²) in [7, 11) is 0. The molecule has 0 spiro atoms. The molecule has 0 aromatic heterocycles. The molecule has 0 unspecified atom stereocenters. The quantitative estimate of drug-likeness (QED) is 0.700. The first kappa shape index (κ1) is 21.6. The summed E-state index contributed by atoms with van der Waals surface area (Å²) < 4.78 is 0. The molecule has 2 heterocycles. The van der Waals surface area contributed by atoms with Gasteiger partial charge < -0.3 is 9.80 Å². The molecule has 1 atom stereocenters. The number of carbonyl (C=O) groups is 2. The molecular weight excluding hydrogens is 384 g/mol. The maximum atomic E-state index is 13.7. The van der Waals surface area contributed by atoms with Crippen LogP contribution in [0.2, 0.25) is 0 Å². The lowest BCUT2D eigenvalue weighted by atomic mass is 9.69. The third kappa shape index (κ3) is 4.84. The summed E-state index contributed by atoms with van der Waals surface area (Å²) in [6, 6.07) is 20.0. The Labute approximate surface area is 186 Å². The lowest BCUT2D eigenvalue weighted by Gasteiger charge is -2.43. The first-order valence-electron chi connectivity index (χ1n) is 11.8. The fraction of sp³-hybridized carbons (Fsp3) is 0.481. The minimum Gasteiger partial charge on any atom is -0.342 e. The highest BCUT2D eigenvalue weighted by Crippen LogP contribution is 2.42. The summed E-state index contributed by atoms with van der Waals surface area (Å²) in [6.07, 6.45) is 5.88. The highest BCUT2D eigenvalue weighted by Gasteiger charge is 2.45. The lowest BCUT2D eigenvalue weighted by Crippen LogP contribution is -2.49. The number of piperidine rings is 1. The van der Waals surface area contributed by atoms with Crippen molar-refractivity contribution in [2.75, 3.05) is 26.2 Å². The van der Waals surface area contributed by atoms with Gasteiger partial charge in [0.15, 0.2) is 0 Å². The Balaban J connectivity index is 1.39. The molecule has 0 N–H and O–H groups in total. The molecule has 2 aromatic rings. The molecule has 4 heteroatoms. The van der Waals surface area contributed by atoms with E-state index in [1.807, 2.05) is 41.3 Å². The fourth-order valence-electron chi connectivity index (χ4n) is 5.35. The standard InChI is InChI=1S/C27H34N2O2/c1-27(24-15-20-28(21-16-24)25(30)23-12-6-3-7-13-23)17-8-9-18-29(26(27)31)19-14-22-10-4-2-5-11-22/h2-7,10-13,24H,8-9,14-21H2,1H3/t27-/m0/s1. The monoisotopic (exact) mass is 418 g/mol. The molecule has 2 fully saturated rings. The van der Waals surface area contributed by atoms with Crippen molar-refractivity contribution >= 4 is 11.8 Å². The van der Waals surface area contributed by atoms with Crippen LogP contribution in [0.3, 0.4) is 0 Å². The fourth-order valence-corrected chi connectivity index (χ4v) is 5.35. The zero-order valence-corrected chi connectivity index (χ0v) is 18.6. The second kappa shape index (κ2) is 9.67. The van der Waals surface area contributed by atoms with E-state index in [0.29, 0.717) is 11.8 Å². The van der Waals surface area contributed by atoms with Crippen molar-refractivity contribution in [3.8, 4) is 0 Å². The first-order valence-corrected chi connectivity index (χ1v) is 11.8. The molecule has 2 aromatic carbocycles. The van der Waals surface area contributed by atoms with E-state index in [2.05, 4.69) is 36.1 Å². The van der Waals surface area contributed by atoms with E-state index >= 15 is 0 Å². The summed E-state index contributed by atoms with van der Waals surface area (Å²) in [4.78, 5) is 30.5. The normalized spacial score (nSPS) is 22.9. The van der Waals surface area contributed by atoms with Crippen LogP contribution in [0.25, 0.3) is 0 Å². The van der Waals surface area contributed by atoms with Gasteiger partial charge >= 0.3 is 0 Å². The smallest absolute Gasteiger partial charge is 0.253 e. The van der Waals surface area contributed by atoms with Crippen LogP contribution >= 0.6 is 0 Å². The minimum atomic E-state index is -0.310. The van der Waals surface area contributed by atoms with Crippen LogP contribution in [0, 0.1) is 11.3 Å². The Morgan fingerprint density at radius 2 is 1.58 bits per heavy atom. The van der Waals surface area contributed by atoms with E-state index in [0.717, 1.165) is 70.3 Å². The summed E-state index contributed by atoms with van der Waals surface area (Å²) in [5.74, 6) is 0.784. The number of hydrogen-bond acceptors (Lipinski definition) is 2. The van der Waals surface area contributed by atoms with Crippen molar-refractivity contribution < 1.29 is 9.59 Å². The highest BCUT2D eigenvalue weighted by molar-refractivity contribution is 5.94. The van der Waals surface area contributed by atoms with Crippen molar-refractivity contribution in [2.45, 2.75) is 45.4 Å². The molecule has 4 nitrogen and oxygen atoms in total. The van der Waals surface area contributed by atoms with Crippen LogP contribution in [0.5, 0.6) is 0 Å². The van der Waals surface area contributed by atoms with Gasteiger partial charge in [-0.1, -0.05) is 61.9 Å². The van der Waals surface area contributed by atoms with Gasteiger partial charge in [0.05, 0.1) is 0 Å². The molecule has 2 saturated heterocycles. The third-order valence-corrected chi connectivity index (χ3v) is 7.37. The molecular formula is C27H34N2O2. The van der Waals surface area contributed by atoms with E-state index in [4.69, 9.17) is 0 Å². The SMILES string of the molecule is C[C@@]1(C2CCN(C(=O)c3ccccc3)CC2)CCCCN(CCc2ccccc2)C1=O. The van der Waals surface area contributed by atoms with Crippen LogP contribution in [0.1, 0.15) is 54.9 Å². The second-order valence-electron chi connectivity index (χ2n) is 9.33. The van der Waals surface area contributed by atoms with E-state index in [1.54, 1.807) is 0 Å². The van der Waals surface area contributed by atoms with Crippen molar-refractivity contribution in [1.82, 2.24) is 9.80 Å². The molecule has 2 amide bonds. The van der Waals surface area contributed by atoms with Crippen molar-refractivity contribution in [3.63, 3.8) is 0 Å². The Morgan fingerprint density at radius 3 is 2.26 bits per heavy atom. The van der Waals surface area contributed by atoms with Gasteiger partial charge in [-0.2, -0.15) is 0 Å². The lowest BCUT2D eigenvalue weighted by molar-refractivity contribution is -0.144. The van der Waals surface area contributed by atoms with Crippen LogP contribution in [-0.4, -0.2) is 47.8 Å². The largest absolute Gasteiger partial charge is 0.342 e. The number of benzene rings is 2. The molecule has 0 bridgehead atoms. The van der Waals surface area contributed by atoms with Gasteiger partial charge in [0.2, 0.25) is 5.91 Å². The number of carbonyl (C=O) groups excluding carboxylic acids is 2. The molecule has 0 saturated carbocycles. The molecule has 0 radical (unpaired) electrons. The predicted octanol–water partition coefficient (Wildman–Crippen LogP) is 4.80. The zero-order valence-electron chi connectivity index (χ0n) is 18.6. The Bertz CT molecular complexity index is 875. The Morgan fingerprint density at radius 1 is 0.935 bits per heavy atom. The van der Waals surface area contributed by atoms with Gasteiger partial charge in [-0.15, -0.1) is 0 Å². The Hall–Kier alpha value is -2.62. The average molecular weight is 419 g/mol. The molecule has 4 rings (SSSR count). The number of amides is 2. The number of hydrogen-bond donors (Lipinski definition) is 0. The maximum Gasteiger partial charge on any atom is 0.253 e. The van der Waals surface area contributed by atoms with Gasteiger partial charge in [0.25, 0.3) is 5.91 Å². The molecule has 2 aliphatic heterocycles. The Kier molecular flexibility index (Phi) is 6.74. The van der Waals surface area contributed by atoms with E-state index in [-0.39, 0.29) is 11.3 Å². The summed E-state index contributed by atoms with van der Waals surface area (Å²) in [5.41, 5.74) is 1.73. The highest BCUT2D eigenvalue weighted by atomic mass is 16.2. The van der Waals surface area contributed by atoms with Crippen molar-refractivity contribution in [2.24, 2.45) is 11.3 Å². The molecule has 2 aliphatic rings. The van der Waals surface area contributed by atoms with Gasteiger partial charge in [0.1, 0.15) is 0 Å². The third-order valence-electron chi connectivity index (χ3n) is 7.37. The van der Waals surface area contributed by atoms with Gasteiger partial charge in [0, 0.05) is 37.2 Å². The van der Waals surface area contributed by atoms with Crippen LogP contribution in [-0.2, 0) is 11.2 Å². The number of likely N-dealkylation sites (tertiary alicyclic amines) is 2. The minimum absolute atomic E-state index is 0.112. The zero-order chi connectivity index (χ0) is 21.7. The van der Waals surface area contributed by atoms with E-state index < -0.39 is 0 Å². The van der Waals surface area contributed by atoms with Gasteiger partial charge in [-0.05, 0) is 55.7 Å². The van der Waals surface area contributed by atoms with E-state index in [1.165, 1.54) is 5.56 Å². The van der Waals surface area contributed by atoms with E-state index in [9.17, 15) is 9.59 Å². The first-order chi connectivity index (χ1) is 15.1. The number of nitrogens with zero attached hydrogens (tertiary/aromatic N) is 2. The summed E-state index contributed by atoms with van der Waals surface area (Å²) >= 11 is 0. The summed E-state index contributed by atoms with van der Waals surface area (Å²) in [5, 5.41) is 0. The summed E-state index contributed by atoms with van der Waals surface area (Å²) in [6.45, 7) is 5.34. The van der Waals surface area contributed by atoms with Crippen LogP contribution in [0.4, 0.5) is 0 Å². The topological polar surface area (TPSA) is 40.6 Å². The van der Waals surface area contributed by atoms with Crippen molar-refractivity contribution in [1.29, 1.82) is 0 Å². The van der Waals surface area contributed by atoms with Crippen LogP contribution < -0.4 is 0 Å². The van der Waals surface area contributed by atoms with Crippen molar-refractivity contribution in [3.05, 3.63) is 71.8 Å². The molecule has 164 valence electrons. The molecule has 0 aliphatic carbocycles. The molecule has 31 heavy (non-hydrogen) atoms.